The van der Waals surface area contributed by atoms with Crippen molar-refractivity contribution in [2.24, 2.45) is 0 Å². The highest BCUT2D eigenvalue weighted by Crippen LogP contribution is 2.07. The van der Waals surface area contributed by atoms with Crippen LogP contribution in [0, 0.1) is 0 Å². The fourth-order valence-electron chi connectivity index (χ4n) is 1.91. The molecule has 0 aromatic heterocycles. The van der Waals surface area contributed by atoms with Crippen LogP contribution in [-0.2, 0) is 4.79 Å². The molecule has 0 radical (unpaired) electrons. The van der Waals surface area contributed by atoms with Gasteiger partial charge in [0.25, 0.3) is 5.91 Å². The van der Waals surface area contributed by atoms with E-state index >= 15 is 0 Å². The van der Waals surface area contributed by atoms with Gasteiger partial charge >= 0.3 is 6.09 Å². The van der Waals surface area contributed by atoms with Crippen molar-refractivity contribution in [1.29, 1.82) is 0 Å². The molecule has 130 valence electrons. The molecule has 0 atom stereocenters. The summed E-state index contributed by atoms with van der Waals surface area (Å²) < 4.78 is 5.03. The van der Waals surface area contributed by atoms with Gasteiger partial charge in [-0.3, -0.25) is 9.59 Å². The zero-order valence-electron chi connectivity index (χ0n) is 13.5. The van der Waals surface area contributed by atoms with Crippen LogP contribution in [0.3, 0.4) is 0 Å². The van der Waals surface area contributed by atoms with Crippen molar-refractivity contribution in [1.82, 2.24) is 16.0 Å². The average molecular weight is 341 g/mol. The van der Waals surface area contributed by atoms with Crippen LogP contribution in [0.2, 0.25) is 0 Å². The maximum absolute atomic E-state index is 11.8. The van der Waals surface area contributed by atoms with Gasteiger partial charge in [0.1, 0.15) is 5.75 Å². The second kappa shape index (κ2) is 9.71. The van der Waals surface area contributed by atoms with Gasteiger partial charge < -0.3 is 20.7 Å². The Morgan fingerprint density at radius 2 is 1.36 bits per heavy atom. The van der Waals surface area contributed by atoms with Crippen molar-refractivity contribution in [3.8, 4) is 5.75 Å². The zero-order valence-corrected chi connectivity index (χ0v) is 13.5. The molecular weight excluding hydrogens is 322 g/mol. The number of rotatable bonds is 7. The van der Waals surface area contributed by atoms with Crippen molar-refractivity contribution in [2.45, 2.75) is 0 Å². The SMILES string of the molecule is O=C(CNC(=O)c1ccccc1)NCCNC(=O)Oc1ccccc1. The lowest BCUT2D eigenvalue weighted by Crippen LogP contribution is -2.40. The predicted octanol–water partition coefficient (Wildman–Crippen LogP) is 1.32. The van der Waals surface area contributed by atoms with Gasteiger partial charge in [-0.2, -0.15) is 0 Å². The summed E-state index contributed by atoms with van der Waals surface area (Å²) >= 11 is 0. The first-order valence-corrected chi connectivity index (χ1v) is 7.76. The molecule has 25 heavy (non-hydrogen) atoms. The summed E-state index contributed by atoms with van der Waals surface area (Å²) in [5.41, 5.74) is 0.487. The molecule has 2 rings (SSSR count). The van der Waals surface area contributed by atoms with E-state index in [2.05, 4.69) is 16.0 Å². The van der Waals surface area contributed by atoms with Crippen LogP contribution in [0.15, 0.2) is 60.7 Å². The molecule has 0 saturated heterocycles. The number of hydrogen-bond acceptors (Lipinski definition) is 4. The van der Waals surface area contributed by atoms with Crippen LogP contribution in [0.25, 0.3) is 0 Å². The molecule has 3 amide bonds. The minimum atomic E-state index is -0.599. The number of carbonyl (C=O) groups is 3. The summed E-state index contributed by atoms with van der Waals surface area (Å²) in [6.07, 6.45) is -0.599. The van der Waals surface area contributed by atoms with Gasteiger partial charge in [0.15, 0.2) is 0 Å². The van der Waals surface area contributed by atoms with E-state index in [1.807, 2.05) is 6.07 Å². The van der Waals surface area contributed by atoms with E-state index in [4.69, 9.17) is 4.74 Å². The molecule has 0 aliphatic heterocycles. The Bertz CT molecular complexity index is 705. The minimum Gasteiger partial charge on any atom is -0.410 e. The average Bonchev–Trinajstić information content (AvgIpc) is 2.65. The zero-order chi connectivity index (χ0) is 17.9. The maximum Gasteiger partial charge on any atom is 0.412 e. The Balaban J connectivity index is 1.58. The van der Waals surface area contributed by atoms with Crippen LogP contribution >= 0.6 is 0 Å². The highest BCUT2D eigenvalue weighted by molar-refractivity contribution is 5.96. The van der Waals surface area contributed by atoms with E-state index in [0.717, 1.165) is 0 Å². The van der Waals surface area contributed by atoms with E-state index in [0.29, 0.717) is 11.3 Å². The molecule has 2 aromatic carbocycles. The highest BCUT2D eigenvalue weighted by atomic mass is 16.6. The molecule has 7 heteroatoms. The Hall–Kier alpha value is -3.35. The quantitative estimate of drug-likeness (QED) is 0.662. The smallest absolute Gasteiger partial charge is 0.410 e. The summed E-state index contributed by atoms with van der Waals surface area (Å²) in [6, 6.07) is 17.3. The van der Waals surface area contributed by atoms with E-state index in [9.17, 15) is 14.4 Å². The highest BCUT2D eigenvalue weighted by Gasteiger charge is 2.07. The summed E-state index contributed by atoms with van der Waals surface area (Å²) in [5, 5.41) is 7.62. The van der Waals surface area contributed by atoms with Gasteiger partial charge in [-0.05, 0) is 24.3 Å². The van der Waals surface area contributed by atoms with E-state index < -0.39 is 6.09 Å². The second-order valence-electron chi connectivity index (χ2n) is 5.03. The number of benzene rings is 2. The van der Waals surface area contributed by atoms with E-state index in [-0.39, 0.29) is 31.4 Å². The maximum atomic E-state index is 11.8. The fourth-order valence-corrected chi connectivity index (χ4v) is 1.91. The lowest BCUT2D eigenvalue weighted by atomic mass is 10.2. The molecule has 0 heterocycles. The normalized spacial score (nSPS) is 9.76. The topological polar surface area (TPSA) is 96.5 Å². The Morgan fingerprint density at radius 3 is 2.04 bits per heavy atom. The van der Waals surface area contributed by atoms with Crippen LogP contribution < -0.4 is 20.7 Å². The number of nitrogens with one attached hydrogen (secondary N) is 3. The predicted molar refractivity (Wildman–Crippen MR) is 92.3 cm³/mol. The van der Waals surface area contributed by atoms with Crippen molar-refractivity contribution >= 4 is 17.9 Å². The number of hydrogen-bond donors (Lipinski definition) is 3. The number of ether oxygens (including phenoxy) is 1. The van der Waals surface area contributed by atoms with Crippen molar-refractivity contribution in [2.75, 3.05) is 19.6 Å². The van der Waals surface area contributed by atoms with Crippen molar-refractivity contribution in [3.05, 3.63) is 66.2 Å². The molecule has 3 N–H and O–H groups in total. The van der Waals surface area contributed by atoms with Gasteiger partial charge in [0.05, 0.1) is 6.54 Å². The molecule has 7 nitrogen and oxygen atoms in total. The van der Waals surface area contributed by atoms with Gasteiger partial charge in [-0.15, -0.1) is 0 Å². The minimum absolute atomic E-state index is 0.137. The van der Waals surface area contributed by atoms with Gasteiger partial charge in [-0.25, -0.2) is 4.79 Å². The van der Waals surface area contributed by atoms with Gasteiger partial charge in [0.2, 0.25) is 5.91 Å². The standard InChI is InChI=1S/C18H19N3O4/c22-16(13-21-17(23)14-7-3-1-4-8-14)19-11-12-20-18(24)25-15-9-5-2-6-10-15/h1-10H,11-13H2,(H,19,22)(H,20,24)(H,21,23). The lowest BCUT2D eigenvalue weighted by Gasteiger charge is -2.08. The Labute approximate surface area is 145 Å². The third-order valence-electron chi connectivity index (χ3n) is 3.12. The Kier molecular flexibility index (Phi) is 6.99. The lowest BCUT2D eigenvalue weighted by molar-refractivity contribution is -0.120. The van der Waals surface area contributed by atoms with Crippen LogP contribution in [-0.4, -0.2) is 37.5 Å². The first-order valence-electron chi connectivity index (χ1n) is 7.76. The number of amides is 3. The molecule has 0 aliphatic rings. The monoisotopic (exact) mass is 341 g/mol. The summed E-state index contributed by atoms with van der Waals surface area (Å²) in [6.45, 7) is 0.302. The molecule has 2 aromatic rings. The molecule has 0 spiro atoms. The van der Waals surface area contributed by atoms with Crippen molar-refractivity contribution in [3.63, 3.8) is 0 Å². The summed E-state index contributed by atoms with van der Waals surface area (Å²) in [7, 11) is 0. The molecule has 0 saturated carbocycles. The van der Waals surface area contributed by atoms with E-state index in [1.165, 1.54) is 0 Å². The molecule has 0 aliphatic carbocycles. The third kappa shape index (κ3) is 6.74. The van der Waals surface area contributed by atoms with Gasteiger partial charge in [-0.1, -0.05) is 36.4 Å². The number of carbonyl (C=O) groups excluding carboxylic acids is 3. The molecule has 0 bridgehead atoms. The molecular formula is C18H19N3O4. The molecule has 0 unspecified atom stereocenters. The van der Waals surface area contributed by atoms with Crippen LogP contribution in [0.4, 0.5) is 4.79 Å². The molecule has 0 fully saturated rings. The van der Waals surface area contributed by atoms with Gasteiger partial charge in [0, 0.05) is 18.7 Å². The Morgan fingerprint density at radius 1 is 0.760 bits per heavy atom. The fraction of sp³-hybridized carbons (Fsp3) is 0.167. The summed E-state index contributed by atoms with van der Waals surface area (Å²) in [5.74, 6) is -0.226. The van der Waals surface area contributed by atoms with Crippen molar-refractivity contribution < 1.29 is 19.1 Å². The second-order valence-corrected chi connectivity index (χ2v) is 5.03. The van der Waals surface area contributed by atoms with Crippen LogP contribution in [0.1, 0.15) is 10.4 Å². The van der Waals surface area contributed by atoms with Crippen LogP contribution in [0.5, 0.6) is 5.75 Å². The largest absolute Gasteiger partial charge is 0.412 e. The number of para-hydroxylation sites is 1. The van der Waals surface area contributed by atoms with E-state index in [1.54, 1.807) is 54.6 Å². The third-order valence-corrected chi connectivity index (χ3v) is 3.12. The summed E-state index contributed by atoms with van der Waals surface area (Å²) in [4.78, 5) is 34.9. The first-order chi connectivity index (χ1) is 12.1. The first kappa shape index (κ1) is 18.0.